The van der Waals surface area contributed by atoms with Gasteiger partial charge in [-0.15, -0.1) is 0 Å². The first kappa shape index (κ1) is 8.84. The first-order chi connectivity index (χ1) is 7.93. The van der Waals surface area contributed by atoms with Gasteiger partial charge >= 0.3 is 0 Å². The van der Waals surface area contributed by atoms with E-state index in [1.807, 2.05) is 27.6 Å². The molecule has 5 heteroatoms. The second-order valence-electron chi connectivity index (χ2n) is 3.34. The van der Waals surface area contributed by atoms with Crippen LogP contribution in [0.25, 0.3) is 11.4 Å². The molecule has 0 N–H and O–H groups in total. The minimum atomic E-state index is 0.976. The van der Waals surface area contributed by atoms with Gasteiger partial charge in [-0.25, -0.2) is 9.97 Å². The van der Waals surface area contributed by atoms with E-state index in [-0.39, 0.29) is 0 Å². The van der Waals surface area contributed by atoms with E-state index in [2.05, 4.69) is 15.0 Å². The number of imidazole rings is 2. The molecule has 0 aliphatic heterocycles. The average molecular weight is 211 g/mol. The van der Waals surface area contributed by atoms with Gasteiger partial charge < -0.3 is 9.13 Å². The van der Waals surface area contributed by atoms with Crippen molar-refractivity contribution in [2.45, 2.75) is 0 Å². The second-order valence-corrected chi connectivity index (χ2v) is 3.34. The van der Waals surface area contributed by atoms with E-state index < -0.39 is 0 Å². The summed E-state index contributed by atoms with van der Waals surface area (Å²) >= 11 is 0. The molecule has 3 aromatic rings. The average Bonchev–Trinajstić information content (AvgIpc) is 3.03. The summed E-state index contributed by atoms with van der Waals surface area (Å²) in [5, 5.41) is 0. The molecule has 0 aliphatic rings. The van der Waals surface area contributed by atoms with Gasteiger partial charge in [-0.05, 0) is 6.07 Å². The summed E-state index contributed by atoms with van der Waals surface area (Å²) in [6.07, 6.45) is 14.3. The lowest BCUT2D eigenvalue weighted by Gasteiger charge is -2.05. The van der Waals surface area contributed by atoms with E-state index in [0.717, 1.165) is 11.4 Å². The molecular weight excluding hydrogens is 202 g/mol. The minimum absolute atomic E-state index is 0.976. The predicted molar refractivity (Wildman–Crippen MR) is 58.5 cm³/mol. The molecule has 0 bridgehead atoms. The zero-order valence-corrected chi connectivity index (χ0v) is 8.43. The lowest BCUT2D eigenvalue weighted by molar-refractivity contribution is 0.996. The number of aromatic nitrogens is 5. The smallest absolute Gasteiger partial charge is 0.0992 e. The van der Waals surface area contributed by atoms with E-state index in [9.17, 15) is 0 Å². The maximum atomic E-state index is 4.20. The lowest BCUT2D eigenvalue weighted by atomic mass is 10.3. The van der Waals surface area contributed by atoms with Gasteiger partial charge in [0.25, 0.3) is 0 Å². The van der Waals surface area contributed by atoms with Gasteiger partial charge in [0.2, 0.25) is 0 Å². The van der Waals surface area contributed by atoms with Crippen molar-refractivity contribution in [3.05, 3.63) is 55.9 Å². The fourth-order valence-electron chi connectivity index (χ4n) is 1.52. The Kier molecular flexibility index (Phi) is 2.00. The Balaban J connectivity index is 2.07. The Morgan fingerprint density at radius 1 is 0.750 bits per heavy atom. The molecule has 0 amide bonds. The van der Waals surface area contributed by atoms with Crippen LogP contribution in [0, 0.1) is 0 Å². The van der Waals surface area contributed by atoms with Crippen LogP contribution in [0.15, 0.2) is 55.9 Å². The van der Waals surface area contributed by atoms with Crippen molar-refractivity contribution < 1.29 is 0 Å². The first-order valence-corrected chi connectivity index (χ1v) is 4.85. The van der Waals surface area contributed by atoms with Crippen LogP contribution in [0.2, 0.25) is 0 Å². The largest absolute Gasteiger partial charge is 0.305 e. The van der Waals surface area contributed by atoms with Gasteiger partial charge in [0.1, 0.15) is 0 Å². The quantitative estimate of drug-likeness (QED) is 0.644. The molecule has 0 saturated heterocycles. The van der Waals surface area contributed by atoms with Crippen molar-refractivity contribution in [2.24, 2.45) is 0 Å². The SMILES string of the molecule is c1cn(-c2cncc(-n3ccnc3)c2)cn1. The van der Waals surface area contributed by atoms with Crippen molar-refractivity contribution in [2.75, 3.05) is 0 Å². The van der Waals surface area contributed by atoms with Crippen molar-refractivity contribution in [3.63, 3.8) is 0 Å². The summed E-state index contributed by atoms with van der Waals surface area (Å²) in [5.74, 6) is 0. The van der Waals surface area contributed by atoms with Gasteiger partial charge in [-0.1, -0.05) is 0 Å². The Morgan fingerprint density at radius 2 is 1.31 bits per heavy atom. The fraction of sp³-hybridized carbons (Fsp3) is 0. The zero-order chi connectivity index (χ0) is 10.8. The van der Waals surface area contributed by atoms with Gasteiger partial charge in [-0.2, -0.15) is 0 Å². The Hall–Kier alpha value is -2.43. The molecule has 0 radical (unpaired) electrons. The van der Waals surface area contributed by atoms with Crippen LogP contribution >= 0.6 is 0 Å². The number of hydrogen-bond donors (Lipinski definition) is 0. The summed E-state index contributed by atoms with van der Waals surface area (Å²) in [7, 11) is 0. The highest BCUT2D eigenvalue weighted by Gasteiger charge is 1.99. The monoisotopic (exact) mass is 211 g/mol. The van der Waals surface area contributed by atoms with E-state index in [0.29, 0.717) is 0 Å². The third kappa shape index (κ3) is 1.48. The highest BCUT2D eigenvalue weighted by Crippen LogP contribution is 2.11. The molecule has 0 unspecified atom stereocenters. The standard InChI is InChI=1S/C11H9N5/c1-3-15(8-12-1)10-5-11(7-14-6-10)16-4-2-13-9-16/h1-9H. The van der Waals surface area contributed by atoms with Crippen LogP contribution in [0.3, 0.4) is 0 Å². The van der Waals surface area contributed by atoms with Gasteiger partial charge in [0.15, 0.2) is 0 Å². The number of hydrogen-bond acceptors (Lipinski definition) is 3. The summed E-state index contributed by atoms with van der Waals surface area (Å²) in [5.41, 5.74) is 1.95. The molecule has 0 saturated carbocycles. The zero-order valence-electron chi connectivity index (χ0n) is 8.43. The minimum Gasteiger partial charge on any atom is -0.305 e. The summed E-state index contributed by atoms with van der Waals surface area (Å²) in [6.45, 7) is 0. The van der Waals surface area contributed by atoms with Crippen LogP contribution in [0.5, 0.6) is 0 Å². The molecule has 0 aromatic carbocycles. The summed E-state index contributed by atoms with van der Waals surface area (Å²) < 4.78 is 3.82. The highest BCUT2D eigenvalue weighted by molar-refractivity contribution is 5.40. The van der Waals surface area contributed by atoms with Crippen LogP contribution in [-0.2, 0) is 0 Å². The molecular formula is C11H9N5. The van der Waals surface area contributed by atoms with Crippen LogP contribution < -0.4 is 0 Å². The molecule has 0 atom stereocenters. The Labute approximate surface area is 92.0 Å². The van der Waals surface area contributed by atoms with Crippen LogP contribution in [-0.4, -0.2) is 24.1 Å². The van der Waals surface area contributed by atoms with E-state index in [1.165, 1.54) is 0 Å². The number of rotatable bonds is 2. The molecule has 16 heavy (non-hydrogen) atoms. The third-order valence-corrected chi connectivity index (χ3v) is 2.31. The van der Waals surface area contributed by atoms with Gasteiger partial charge in [0.05, 0.1) is 36.4 Å². The van der Waals surface area contributed by atoms with Gasteiger partial charge in [-0.3, -0.25) is 4.98 Å². The summed E-state index contributed by atoms with van der Waals surface area (Å²) in [6, 6.07) is 2.02. The Morgan fingerprint density at radius 3 is 1.75 bits per heavy atom. The molecule has 5 nitrogen and oxygen atoms in total. The van der Waals surface area contributed by atoms with Crippen molar-refractivity contribution >= 4 is 0 Å². The molecule has 78 valence electrons. The Bertz CT molecular complexity index is 519. The van der Waals surface area contributed by atoms with Crippen LogP contribution in [0.4, 0.5) is 0 Å². The third-order valence-electron chi connectivity index (χ3n) is 2.31. The lowest BCUT2D eigenvalue weighted by Crippen LogP contribution is -1.96. The first-order valence-electron chi connectivity index (χ1n) is 4.85. The van der Waals surface area contributed by atoms with Crippen LogP contribution in [0.1, 0.15) is 0 Å². The predicted octanol–water partition coefficient (Wildman–Crippen LogP) is 1.45. The van der Waals surface area contributed by atoms with Crippen molar-refractivity contribution in [1.82, 2.24) is 24.1 Å². The molecule has 0 aliphatic carbocycles. The summed E-state index contributed by atoms with van der Waals surface area (Å²) in [4.78, 5) is 12.2. The molecule has 0 spiro atoms. The second kappa shape index (κ2) is 3.62. The molecule has 3 rings (SSSR count). The number of nitrogens with zero attached hydrogens (tertiary/aromatic N) is 5. The van der Waals surface area contributed by atoms with E-state index >= 15 is 0 Å². The maximum Gasteiger partial charge on any atom is 0.0992 e. The topological polar surface area (TPSA) is 48.5 Å². The molecule has 3 aromatic heterocycles. The molecule has 0 fully saturated rings. The van der Waals surface area contributed by atoms with Crippen molar-refractivity contribution in [3.8, 4) is 11.4 Å². The number of pyridine rings is 1. The highest BCUT2D eigenvalue weighted by atomic mass is 15.1. The maximum absolute atomic E-state index is 4.20. The van der Waals surface area contributed by atoms with Crippen molar-refractivity contribution in [1.29, 1.82) is 0 Å². The van der Waals surface area contributed by atoms with E-state index in [1.54, 1.807) is 37.4 Å². The molecule has 3 heterocycles. The van der Waals surface area contributed by atoms with E-state index in [4.69, 9.17) is 0 Å². The fourth-order valence-corrected chi connectivity index (χ4v) is 1.52. The van der Waals surface area contributed by atoms with Gasteiger partial charge in [0, 0.05) is 24.8 Å². The normalized spacial score (nSPS) is 10.5.